The Morgan fingerprint density at radius 1 is 0.944 bits per heavy atom. The molecule has 3 nitrogen and oxygen atoms in total. The monoisotopic (exact) mass is 271 g/mol. The number of thioether (sulfide) groups is 1. The molecule has 4 heteroatoms. The van der Waals surface area contributed by atoms with Gasteiger partial charge in [0, 0.05) is 19.3 Å². The lowest BCUT2D eigenvalue weighted by Gasteiger charge is -2.01. The fourth-order valence-electron chi connectivity index (χ4n) is 1.38. The first-order chi connectivity index (χ1) is 8.91. The third-order valence-electron chi connectivity index (χ3n) is 2.37. The molecule has 0 aromatic heterocycles. The number of nitrogens with one attached hydrogen (secondary N) is 3. The Labute approximate surface area is 117 Å². The highest BCUT2D eigenvalue weighted by Crippen LogP contribution is 1.97. The summed E-state index contributed by atoms with van der Waals surface area (Å²) < 4.78 is 0. The molecule has 0 saturated heterocycles. The summed E-state index contributed by atoms with van der Waals surface area (Å²) >= 11 is 1.82. The van der Waals surface area contributed by atoms with Gasteiger partial charge in [0.2, 0.25) is 0 Å². The summed E-state index contributed by atoms with van der Waals surface area (Å²) in [5, 5.41) is 11.9. The minimum atomic E-state index is 1.03. The second-order valence-electron chi connectivity index (χ2n) is 4.02. The van der Waals surface area contributed by atoms with Crippen LogP contribution in [0.5, 0.6) is 0 Å². The molecule has 0 aliphatic rings. The summed E-state index contributed by atoms with van der Waals surface area (Å²) in [6, 6.07) is 0. The molecule has 0 aliphatic carbocycles. The molecule has 0 saturated carbocycles. The minimum absolute atomic E-state index is 1.03. The largest absolute Gasteiger partial charge is 0.391 e. The van der Waals surface area contributed by atoms with Crippen LogP contribution in [-0.4, -0.2) is 32.4 Å². The second-order valence-corrected chi connectivity index (χ2v) is 5.20. The van der Waals surface area contributed by atoms with Crippen LogP contribution >= 0.6 is 11.8 Å². The molecule has 0 amide bonds. The molecule has 0 aromatic rings. The SMILES string of the molecule is CCSC=CNCCCNC=CCCCCNC. The van der Waals surface area contributed by atoms with E-state index in [-0.39, 0.29) is 0 Å². The molecule has 0 heterocycles. The Morgan fingerprint density at radius 2 is 1.72 bits per heavy atom. The molecule has 0 fully saturated rings. The van der Waals surface area contributed by atoms with E-state index >= 15 is 0 Å². The van der Waals surface area contributed by atoms with Gasteiger partial charge in [-0.25, -0.2) is 0 Å². The Hall–Kier alpha value is -0.610. The van der Waals surface area contributed by atoms with Crippen molar-refractivity contribution < 1.29 is 0 Å². The van der Waals surface area contributed by atoms with Gasteiger partial charge in [-0.1, -0.05) is 13.0 Å². The van der Waals surface area contributed by atoms with Gasteiger partial charge in [-0.15, -0.1) is 11.8 Å². The minimum Gasteiger partial charge on any atom is -0.391 e. The molecular weight excluding hydrogens is 242 g/mol. The van der Waals surface area contributed by atoms with Crippen molar-refractivity contribution in [3.8, 4) is 0 Å². The topological polar surface area (TPSA) is 36.1 Å². The summed E-state index contributed by atoms with van der Waals surface area (Å²) in [6.45, 7) is 5.35. The van der Waals surface area contributed by atoms with E-state index in [0.717, 1.165) is 31.8 Å². The summed E-state index contributed by atoms with van der Waals surface area (Å²) in [5.74, 6) is 1.14. The van der Waals surface area contributed by atoms with Crippen molar-refractivity contribution in [1.29, 1.82) is 0 Å². The van der Waals surface area contributed by atoms with Crippen LogP contribution in [0.1, 0.15) is 32.6 Å². The first-order valence-electron chi connectivity index (χ1n) is 6.94. The van der Waals surface area contributed by atoms with E-state index in [1.807, 2.05) is 25.0 Å². The van der Waals surface area contributed by atoms with Gasteiger partial charge >= 0.3 is 0 Å². The predicted octanol–water partition coefficient (Wildman–Crippen LogP) is 2.68. The fourth-order valence-corrected chi connectivity index (χ4v) is 1.77. The lowest BCUT2D eigenvalue weighted by atomic mass is 10.2. The quantitative estimate of drug-likeness (QED) is 0.450. The molecule has 0 aromatic carbocycles. The molecule has 18 heavy (non-hydrogen) atoms. The average molecular weight is 271 g/mol. The third kappa shape index (κ3) is 15.4. The lowest BCUT2D eigenvalue weighted by Crippen LogP contribution is -2.14. The van der Waals surface area contributed by atoms with Crippen LogP contribution in [-0.2, 0) is 0 Å². The summed E-state index contributed by atoms with van der Waals surface area (Å²) in [5.41, 5.74) is 0. The van der Waals surface area contributed by atoms with Crippen LogP contribution in [0.25, 0.3) is 0 Å². The third-order valence-corrected chi connectivity index (χ3v) is 3.04. The van der Waals surface area contributed by atoms with Gasteiger partial charge in [-0.05, 0) is 56.6 Å². The summed E-state index contributed by atoms with van der Waals surface area (Å²) in [7, 11) is 2.00. The Balaban J connectivity index is 3.08. The second kappa shape index (κ2) is 16.4. The molecule has 0 unspecified atom stereocenters. The van der Waals surface area contributed by atoms with E-state index < -0.39 is 0 Å². The van der Waals surface area contributed by atoms with E-state index in [1.165, 1.54) is 19.3 Å². The van der Waals surface area contributed by atoms with Crippen molar-refractivity contribution >= 4 is 11.8 Å². The Bertz CT molecular complexity index is 205. The Kier molecular flexibility index (Phi) is 15.8. The first kappa shape index (κ1) is 17.4. The predicted molar refractivity (Wildman–Crippen MR) is 84.8 cm³/mol. The van der Waals surface area contributed by atoms with Gasteiger partial charge in [-0.3, -0.25) is 0 Å². The van der Waals surface area contributed by atoms with Gasteiger partial charge < -0.3 is 16.0 Å². The molecule has 0 bridgehead atoms. The van der Waals surface area contributed by atoms with Gasteiger partial charge in [-0.2, -0.15) is 0 Å². The molecule has 0 spiro atoms. The van der Waals surface area contributed by atoms with E-state index in [4.69, 9.17) is 0 Å². The van der Waals surface area contributed by atoms with Crippen molar-refractivity contribution in [3.63, 3.8) is 0 Å². The zero-order chi connectivity index (χ0) is 13.3. The van der Waals surface area contributed by atoms with Crippen molar-refractivity contribution in [2.45, 2.75) is 32.6 Å². The van der Waals surface area contributed by atoms with E-state index in [1.54, 1.807) is 0 Å². The maximum Gasteiger partial charge on any atom is 0.0158 e. The van der Waals surface area contributed by atoms with E-state index in [0.29, 0.717) is 0 Å². The number of hydrogen-bond donors (Lipinski definition) is 3. The average Bonchev–Trinajstić information content (AvgIpc) is 2.39. The van der Waals surface area contributed by atoms with Crippen molar-refractivity contribution in [1.82, 2.24) is 16.0 Å². The standard InChI is InChI=1S/C14H29N3S/c1-3-18-14-13-17-12-8-11-16-10-7-5-4-6-9-15-2/h7,10,13-17H,3-6,8-9,11-12H2,1-2H3. The number of allylic oxidation sites excluding steroid dienone is 1. The molecule has 0 rings (SSSR count). The van der Waals surface area contributed by atoms with Crippen LogP contribution in [0, 0.1) is 0 Å². The molecule has 0 aliphatic heterocycles. The normalized spacial score (nSPS) is 11.4. The first-order valence-corrected chi connectivity index (χ1v) is 7.99. The van der Waals surface area contributed by atoms with Crippen LogP contribution in [0.2, 0.25) is 0 Å². The van der Waals surface area contributed by atoms with E-state index in [9.17, 15) is 0 Å². The molecule has 106 valence electrons. The maximum atomic E-state index is 3.31. The smallest absolute Gasteiger partial charge is 0.0158 e. The number of hydrogen-bond acceptors (Lipinski definition) is 4. The number of rotatable bonds is 13. The lowest BCUT2D eigenvalue weighted by molar-refractivity contribution is 0.680. The molecule has 0 atom stereocenters. The van der Waals surface area contributed by atoms with Crippen molar-refractivity contribution in [2.24, 2.45) is 0 Å². The summed E-state index contributed by atoms with van der Waals surface area (Å²) in [6.07, 6.45) is 11.2. The van der Waals surface area contributed by atoms with Crippen molar-refractivity contribution in [2.75, 3.05) is 32.4 Å². The van der Waals surface area contributed by atoms with Gasteiger partial charge in [0.25, 0.3) is 0 Å². The highest BCUT2D eigenvalue weighted by molar-refractivity contribution is 8.02. The van der Waals surface area contributed by atoms with E-state index in [2.05, 4.69) is 40.6 Å². The molecular formula is C14H29N3S. The zero-order valence-corrected chi connectivity index (χ0v) is 12.7. The highest BCUT2D eigenvalue weighted by atomic mass is 32.2. The van der Waals surface area contributed by atoms with Crippen LogP contribution in [0.4, 0.5) is 0 Å². The van der Waals surface area contributed by atoms with Gasteiger partial charge in [0.1, 0.15) is 0 Å². The highest BCUT2D eigenvalue weighted by Gasteiger charge is 1.84. The molecule has 3 N–H and O–H groups in total. The zero-order valence-electron chi connectivity index (χ0n) is 11.9. The van der Waals surface area contributed by atoms with Gasteiger partial charge in [0.15, 0.2) is 0 Å². The van der Waals surface area contributed by atoms with Crippen LogP contribution < -0.4 is 16.0 Å². The summed E-state index contributed by atoms with van der Waals surface area (Å²) in [4.78, 5) is 0. The van der Waals surface area contributed by atoms with Crippen LogP contribution in [0.3, 0.4) is 0 Å². The number of unbranched alkanes of at least 4 members (excludes halogenated alkanes) is 2. The Morgan fingerprint density at radius 3 is 2.44 bits per heavy atom. The van der Waals surface area contributed by atoms with Crippen molar-refractivity contribution in [3.05, 3.63) is 23.9 Å². The van der Waals surface area contributed by atoms with Crippen LogP contribution in [0.15, 0.2) is 23.9 Å². The maximum absolute atomic E-state index is 3.31. The molecule has 0 radical (unpaired) electrons. The fraction of sp³-hybridized carbons (Fsp3) is 0.714. The van der Waals surface area contributed by atoms with Gasteiger partial charge in [0.05, 0.1) is 0 Å².